The molecule has 0 heterocycles. The zero-order chi connectivity index (χ0) is 12.3. The molecule has 3 nitrogen and oxygen atoms in total. The number of anilines is 1. The van der Waals surface area contributed by atoms with Crippen molar-refractivity contribution in [2.75, 3.05) is 10.1 Å². The van der Waals surface area contributed by atoms with Crippen LogP contribution in [0.15, 0.2) is 30.3 Å². The Bertz CT molecular complexity index is 457. The van der Waals surface area contributed by atoms with E-state index in [1.54, 1.807) is 12.1 Å². The molecule has 5 heteroatoms. The maximum absolute atomic E-state index is 12.2. The van der Waals surface area contributed by atoms with Crippen LogP contribution in [0.2, 0.25) is 0 Å². The molecule has 0 aliphatic heterocycles. The third kappa shape index (κ3) is 3.71. The van der Waals surface area contributed by atoms with Crippen LogP contribution in [0.3, 0.4) is 0 Å². The normalized spacial score (nSPS) is 17.7. The van der Waals surface area contributed by atoms with Gasteiger partial charge in [0.2, 0.25) is 10.0 Å². The Morgan fingerprint density at radius 2 is 1.94 bits per heavy atom. The third-order valence-corrected chi connectivity index (χ3v) is 5.91. The van der Waals surface area contributed by atoms with Gasteiger partial charge in [0.15, 0.2) is 0 Å². The summed E-state index contributed by atoms with van der Waals surface area (Å²) in [4.78, 5) is 0. The topological polar surface area (TPSA) is 46.2 Å². The van der Waals surface area contributed by atoms with Crippen LogP contribution in [0, 0.1) is 5.92 Å². The van der Waals surface area contributed by atoms with Crippen LogP contribution in [0.4, 0.5) is 5.69 Å². The molecule has 0 bridgehead atoms. The highest BCUT2D eigenvalue weighted by Gasteiger charge is 2.32. The summed E-state index contributed by atoms with van der Waals surface area (Å²) in [5.41, 5.74) is 0.634. The fraction of sp³-hybridized carbons (Fsp3) is 0.500. The summed E-state index contributed by atoms with van der Waals surface area (Å²) in [7, 11) is -3.28. The van der Waals surface area contributed by atoms with Crippen LogP contribution >= 0.6 is 15.9 Å². The minimum absolute atomic E-state index is 0.338. The molecule has 1 aromatic rings. The summed E-state index contributed by atoms with van der Waals surface area (Å²) < 4.78 is 27.0. The van der Waals surface area contributed by atoms with E-state index >= 15 is 0 Å². The average Bonchev–Trinajstić information content (AvgIpc) is 3.10. The van der Waals surface area contributed by atoms with Gasteiger partial charge in [0.05, 0.1) is 5.25 Å². The minimum Gasteiger partial charge on any atom is -0.283 e. The molecule has 1 N–H and O–H groups in total. The lowest BCUT2D eigenvalue weighted by Gasteiger charge is -2.16. The largest absolute Gasteiger partial charge is 0.283 e. The van der Waals surface area contributed by atoms with Gasteiger partial charge < -0.3 is 0 Å². The monoisotopic (exact) mass is 317 g/mol. The van der Waals surface area contributed by atoms with E-state index in [4.69, 9.17) is 0 Å². The van der Waals surface area contributed by atoms with Gasteiger partial charge in [-0.3, -0.25) is 4.72 Å². The second-order valence-corrected chi connectivity index (χ2v) is 7.08. The average molecular weight is 318 g/mol. The Labute approximate surface area is 111 Å². The van der Waals surface area contributed by atoms with E-state index in [2.05, 4.69) is 20.7 Å². The molecule has 1 aliphatic carbocycles. The van der Waals surface area contributed by atoms with Crippen molar-refractivity contribution >= 4 is 31.6 Å². The fourth-order valence-electron chi connectivity index (χ4n) is 1.75. The van der Waals surface area contributed by atoms with Crippen molar-refractivity contribution in [1.29, 1.82) is 0 Å². The van der Waals surface area contributed by atoms with Crippen LogP contribution in [0.1, 0.15) is 19.3 Å². The van der Waals surface area contributed by atoms with Gasteiger partial charge in [-0.1, -0.05) is 47.0 Å². The standard InChI is InChI=1S/C12H16BrNO2S/c13-9-12(8-10-6-7-10)17(15,16)14-11-4-2-1-3-5-11/h1-5,10,12,14H,6-9H2. The van der Waals surface area contributed by atoms with Crippen LogP contribution in [-0.2, 0) is 10.0 Å². The van der Waals surface area contributed by atoms with Gasteiger partial charge in [-0.05, 0) is 24.5 Å². The summed E-state index contributed by atoms with van der Waals surface area (Å²) in [6, 6.07) is 9.04. The molecule has 1 fully saturated rings. The molecular weight excluding hydrogens is 302 g/mol. The summed E-state index contributed by atoms with van der Waals surface area (Å²) in [6.07, 6.45) is 3.10. The Morgan fingerprint density at radius 1 is 1.29 bits per heavy atom. The molecule has 0 aromatic heterocycles. The number of hydrogen-bond acceptors (Lipinski definition) is 2. The van der Waals surface area contributed by atoms with Crippen LogP contribution in [-0.4, -0.2) is 19.0 Å². The van der Waals surface area contributed by atoms with Gasteiger partial charge in [0.25, 0.3) is 0 Å². The number of rotatable bonds is 6. The Morgan fingerprint density at radius 3 is 2.47 bits per heavy atom. The zero-order valence-electron chi connectivity index (χ0n) is 9.47. The lowest BCUT2D eigenvalue weighted by molar-refractivity contribution is 0.577. The molecule has 1 aliphatic rings. The summed E-state index contributed by atoms with van der Waals surface area (Å²) in [5, 5.41) is 0.154. The first-order chi connectivity index (χ1) is 8.12. The molecule has 94 valence electrons. The lowest BCUT2D eigenvalue weighted by Crippen LogP contribution is -2.29. The molecule has 0 amide bonds. The van der Waals surface area contributed by atoms with E-state index in [-0.39, 0.29) is 5.25 Å². The molecule has 1 unspecified atom stereocenters. The van der Waals surface area contributed by atoms with Gasteiger partial charge in [0, 0.05) is 11.0 Å². The Hall–Kier alpha value is -0.550. The molecular formula is C12H16BrNO2S. The lowest BCUT2D eigenvalue weighted by atomic mass is 10.2. The van der Waals surface area contributed by atoms with E-state index in [0.717, 1.165) is 6.42 Å². The second-order valence-electron chi connectivity index (χ2n) is 4.47. The summed E-state index contributed by atoms with van der Waals surface area (Å²) >= 11 is 3.30. The predicted octanol–water partition coefficient (Wildman–Crippen LogP) is 2.99. The Kier molecular flexibility index (Phi) is 4.09. The van der Waals surface area contributed by atoms with E-state index in [1.165, 1.54) is 12.8 Å². The highest BCUT2D eigenvalue weighted by molar-refractivity contribution is 9.09. The number of sulfonamides is 1. The smallest absolute Gasteiger partial charge is 0.236 e. The zero-order valence-corrected chi connectivity index (χ0v) is 11.9. The molecule has 0 radical (unpaired) electrons. The number of nitrogens with one attached hydrogen (secondary N) is 1. The van der Waals surface area contributed by atoms with Crippen molar-refractivity contribution in [3.8, 4) is 0 Å². The summed E-state index contributed by atoms with van der Waals surface area (Å²) in [6.45, 7) is 0. The highest BCUT2D eigenvalue weighted by Crippen LogP contribution is 2.35. The molecule has 1 aromatic carbocycles. The highest BCUT2D eigenvalue weighted by atomic mass is 79.9. The van der Waals surface area contributed by atoms with Gasteiger partial charge in [0.1, 0.15) is 0 Å². The molecule has 1 saturated carbocycles. The van der Waals surface area contributed by atoms with Crippen LogP contribution in [0.25, 0.3) is 0 Å². The number of alkyl halides is 1. The van der Waals surface area contributed by atoms with Crippen molar-refractivity contribution in [3.05, 3.63) is 30.3 Å². The van der Waals surface area contributed by atoms with E-state index in [0.29, 0.717) is 16.9 Å². The molecule has 17 heavy (non-hydrogen) atoms. The SMILES string of the molecule is O=S(=O)(Nc1ccccc1)C(CBr)CC1CC1. The first-order valence-corrected chi connectivity index (χ1v) is 8.41. The van der Waals surface area contributed by atoms with Gasteiger partial charge >= 0.3 is 0 Å². The fourth-order valence-corrected chi connectivity index (χ4v) is 4.38. The van der Waals surface area contributed by atoms with Crippen LogP contribution < -0.4 is 4.72 Å². The quantitative estimate of drug-likeness (QED) is 0.820. The molecule has 1 atom stereocenters. The minimum atomic E-state index is -3.28. The van der Waals surface area contributed by atoms with Crippen molar-refractivity contribution in [3.63, 3.8) is 0 Å². The second kappa shape index (κ2) is 5.40. The van der Waals surface area contributed by atoms with E-state index < -0.39 is 10.0 Å². The van der Waals surface area contributed by atoms with E-state index in [9.17, 15) is 8.42 Å². The predicted molar refractivity (Wildman–Crippen MR) is 73.9 cm³/mol. The molecule has 0 spiro atoms. The number of para-hydroxylation sites is 1. The maximum Gasteiger partial charge on any atom is 0.236 e. The van der Waals surface area contributed by atoms with Gasteiger partial charge in [-0.15, -0.1) is 0 Å². The van der Waals surface area contributed by atoms with Crippen molar-refractivity contribution < 1.29 is 8.42 Å². The molecule has 0 saturated heterocycles. The first kappa shape index (κ1) is 12.9. The first-order valence-electron chi connectivity index (χ1n) is 5.74. The number of halogens is 1. The van der Waals surface area contributed by atoms with Crippen LogP contribution in [0.5, 0.6) is 0 Å². The Balaban J connectivity index is 2.05. The van der Waals surface area contributed by atoms with E-state index in [1.807, 2.05) is 18.2 Å². The van der Waals surface area contributed by atoms with Crippen molar-refractivity contribution in [2.45, 2.75) is 24.5 Å². The van der Waals surface area contributed by atoms with Crippen molar-refractivity contribution in [1.82, 2.24) is 0 Å². The van der Waals surface area contributed by atoms with Crippen molar-refractivity contribution in [2.24, 2.45) is 5.92 Å². The number of benzene rings is 1. The van der Waals surface area contributed by atoms with Gasteiger partial charge in [-0.2, -0.15) is 0 Å². The maximum atomic E-state index is 12.2. The molecule has 2 rings (SSSR count). The number of hydrogen-bond donors (Lipinski definition) is 1. The van der Waals surface area contributed by atoms with Gasteiger partial charge in [-0.25, -0.2) is 8.42 Å². The third-order valence-electron chi connectivity index (χ3n) is 2.94. The summed E-state index contributed by atoms with van der Waals surface area (Å²) in [5.74, 6) is 0.602.